The van der Waals surface area contributed by atoms with Gasteiger partial charge in [-0.15, -0.1) is 0 Å². The summed E-state index contributed by atoms with van der Waals surface area (Å²) >= 11 is 0. The lowest BCUT2D eigenvalue weighted by Gasteiger charge is -2.30. The molecule has 0 aromatic rings. The second kappa shape index (κ2) is 7.97. The standard InChI is InChI=1S/C14H26N4O3/c1-9(2)7-11(13(20)17-8-12(15)19)18(3)14(21)10-5-4-6-16-10/h9-11,16H,4-8H2,1-3H3,(H2,15,19)(H,17,20)/t10-,11-/m0/s1. The summed E-state index contributed by atoms with van der Waals surface area (Å²) in [5.74, 6) is -0.761. The maximum atomic E-state index is 12.4. The summed E-state index contributed by atoms with van der Waals surface area (Å²) < 4.78 is 0. The van der Waals surface area contributed by atoms with Crippen molar-refractivity contribution in [1.29, 1.82) is 0 Å². The zero-order valence-corrected chi connectivity index (χ0v) is 13.0. The molecule has 1 aliphatic rings. The Kier molecular flexibility index (Phi) is 6.61. The van der Waals surface area contributed by atoms with E-state index in [2.05, 4.69) is 10.6 Å². The predicted molar refractivity (Wildman–Crippen MR) is 79.2 cm³/mol. The van der Waals surface area contributed by atoms with Crippen LogP contribution in [0.2, 0.25) is 0 Å². The molecule has 120 valence electrons. The molecule has 0 bridgehead atoms. The van der Waals surface area contributed by atoms with Gasteiger partial charge in [0, 0.05) is 7.05 Å². The Morgan fingerprint density at radius 3 is 2.52 bits per heavy atom. The van der Waals surface area contributed by atoms with E-state index in [-0.39, 0.29) is 30.3 Å². The van der Waals surface area contributed by atoms with E-state index < -0.39 is 11.9 Å². The number of carbonyl (C=O) groups excluding carboxylic acids is 3. The van der Waals surface area contributed by atoms with Crippen molar-refractivity contribution in [3.8, 4) is 0 Å². The van der Waals surface area contributed by atoms with Crippen molar-refractivity contribution >= 4 is 17.7 Å². The number of hydrogen-bond donors (Lipinski definition) is 3. The fourth-order valence-corrected chi connectivity index (χ4v) is 2.47. The van der Waals surface area contributed by atoms with Crippen LogP contribution in [-0.4, -0.2) is 54.8 Å². The Hall–Kier alpha value is -1.63. The van der Waals surface area contributed by atoms with Gasteiger partial charge in [-0.3, -0.25) is 14.4 Å². The minimum atomic E-state index is -0.599. The van der Waals surface area contributed by atoms with Crippen LogP contribution in [0.4, 0.5) is 0 Å². The topological polar surface area (TPSA) is 105 Å². The van der Waals surface area contributed by atoms with Crippen molar-refractivity contribution in [3.63, 3.8) is 0 Å². The third-order valence-corrected chi connectivity index (χ3v) is 3.61. The average molecular weight is 298 g/mol. The summed E-state index contributed by atoms with van der Waals surface area (Å²) in [6, 6.07) is -0.798. The summed E-state index contributed by atoms with van der Waals surface area (Å²) in [6.45, 7) is 4.59. The largest absolute Gasteiger partial charge is 0.368 e. The minimum Gasteiger partial charge on any atom is -0.368 e. The van der Waals surface area contributed by atoms with Crippen molar-refractivity contribution in [1.82, 2.24) is 15.5 Å². The Morgan fingerprint density at radius 1 is 1.38 bits per heavy atom. The van der Waals surface area contributed by atoms with Gasteiger partial charge < -0.3 is 21.3 Å². The molecule has 2 atom stereocenters. The molecule has 7 heteroatoms. The van der Waals surface area contributed by atoms with E-state index in [4.69, 9.17) is 5.73 Å². The minimum absolute atomic E-state index is 0.0765. The number of primary amides is 1. The number of carbonyl (C=O) groups is 3. The second-order valence-electron chi connectivity index (χ2n) is 5.93. The molecule has 7 nitrogen and oxygen atoms in total. The van der Waals surface area contributed by atoms with Gasteiger partial charge in [0.2, 0.25) is 17.7 Å². The number of rotatable bonds is 7. The molecule has 4 N–H and O–H groups in total. The molecule has 1 fully saturated rings. The fraction of sp³-hybridized carbons (Fsp3) is 0.786. The summed E-state index contributed by atoms with van der Waals surface area (Å²) in [4.78, 5) is 36.9. The van der Waals surface area contributed by atoms with E-state index in [1.165, 1.54) is 4.90 Å². The third-order valence-electron chi connectivity index (χ3n) is 3.61. The normalized spacial score (nSPS) is 19.3. The molecular weight excluding hydrogens is 272 g/mol. The lowest BCUT2D eigenvalue weighted by Crippen LogP contribution is -2.53. The summed E-state index contributed by atoms with van der Waals surface area (Å²) in [6.07, 6.45) is 2.30. The monoisotopic (exact) mass is 298 g/mol. The van der Waals surface area contributed by atoms with Crippen LogP contribution in [0.5, 0.6) is 0 Å². The molecule has 1 saturated heterocycles. The van der Waals surface area contributed by atoms with E-state index in [0.29, 0.717) is 6.42 Å². The van der Waals surface area contributed by atoms with Crippen LogP contribution in [0.1, 0.15) is 33.1 Å². The van der Waals surface area contributed by atoms with Crippen molar-refractivity contribution in [3.05, 3.63) is 0 Å². The molecule has 21 heavy (non-hydrogen) atoms. The zero-order valence-electron chi connectivity index (χ0n) is 13.0. The Morgan fingerprint density at radius 2 is 2.05 bits per heavy atom. The second-order valence-corrected chi connectivity index (χ2v) is 5.93. The van der Waals surface area contributed by atoms with Crippen molar-refractivity contribution in [2.45, 2.75) is 45.2 Å². The molecular formula is C14H26N4O3. The highest BCUT2D eigenvalue weighted by Gasteiger charge is 2.32. The molecule has 0 unspecified atom stereocenters. The molecule has 0 aromatic heterocycles. The van der Waals surface area contributed by atoms with E-state index in [1.807, 2.05) is 13.8 Å². The number of likely N-dealkylation sites (N-methyl/N-ethyl adjacent to an activating group) is 1. The molecule has 0 radical (unpaired) electrons. The number of nitrogens with one attached hydrogen (secondary N) is 2. The van der Waals surface area contributed by atoms with Gasteiger partial charge in [-0.25, -0.2) is 0 Å². The Balaban J connectivity index is 2.72. The molecule has 0 spiro atoms. The van der Waals surface area contributed by atoms with Gasteiger partial charge in [0.1, 0.15) is 6.04 Å². The number of nitrogens with two attached hydrogens (primary N) is 1. The lowest BCUT2D eigenvalue weighted by molar-refractivity contribution is -0.141. The van der Waals surface area contributed by atoms with E-state index >= 15 is 0 Å². The zero-order chi connectivity index (χ0) is 16.0. The first-order valence-electron chi connectivity index (χ1n) is 7.39. The molecule has 1 heterocycles. The highest BCUT2D eigenvalue weighted by molar-refractivity contribution is 5.91. The Bertz CT molecular complexity index is 392. The highest BCUT2D eigenvalue weighted by Crippen LogP contribution is 2.15. The van der Waals surface area contributed by atoms with E-state index in [0.717, 1.165) is 19.4 Å². The fourth-order valence-electron chi connectivity index (χ4n) is 2.47. The Labute approximate surface area is 125 Å². The van der Waals surface area contributed by atoms with Crippen molar-refractivity contribution < 1.29 is 14.4 Å². The van der Waals surface area contributed by atoms with Gasteiger partial charge in [0.15, 0.2) is 0 Å². The number of nitrogens with zero attached hydrogens (tertiary/aromatic N) is 1. The van der Waals surface area contributed by atoms with Gasteiger partial charge in [0.05, 0.1) is 12.6 Å². The lowest BCUT2D eigenvalue weighted by atomic mass is 10.0. The van der Waals surface area contributed by atoms with Crippen LogP contribution >= 0.6 is 0 Å². The van der Waals surface area contributed by atoms with Crippen LogP contribution in [0.15, 0.2) is 0 Å². The van der Waals surface area contributed by atoms with Crippen LogP contribution in [0.3, 0.4) is 0 Å². The van der Waals surface area contributed by atoms with Gasteiger partial charge in [-0.05, 0) is 31.7 Å². The first-order chi connectivity index (χ1) is 9.82. The van der Waals surface area contributed by atoms with Gasteiger partial charge >= 0.3 is 0 Å². The van der Waals surface area contributed by atoms with E-state index in [1.54, 1.807) is 7.05 Å². The number of amides is 3. The van der Waals surface area contributed by atoms with Gasteiger partial charge in [-0.1, -0.05) is 13.8 Å². The molecule has 3 amide bonds. The summed E-state index contributed by atoms with van der Waals surface area (Å²) in [5, 5.41) is 5.62. The number of hydrogen-bond acceptors (Lipinski definition) is 4. The maximum Gasteiger partial charge on any atom is 0.243 e. The first-order valence-corrected chi connectivity index (χ1v) is 7.39. The SMILES string of the molecule is CC(C)C[C@@H](C(=O)NCC(N)=O)N(C)C(=O)[C@@H]1CCCN1. The van der Waals surface area contributed by atoms with Gasteiger partial charge in [0.25, 0.3) is 0 Å². The van der Waals surface area contributed by atoms with Crippen molar-refractivity contribution in [2.24, 2.45) is 11.7 Å². The molecule has 0 saturated carbocycles. The predicted octanol–water partition coefficient (Wildman–Crippen LogP) is -0.787. The summed E-state index contributed by atoms with van der Waals surface area (Å²) in [7, 11) is 1.64. The average Bonchev–Trinajstić information content (AvgIpc) is 2.94. The van der Waals surface area contributed by atoms with Gasteiger partial charge in [-0.2, -0.15) is 0 Å². The van der Waals surface area contributed by atoms with E-state index in [9.17, 15) is 14.4 Å². The molecule has 0 aliphatic carbocycles. The van der Waals surface area contributed by atoms with Crippen LogP contribution in [0, 0.1) is 5.92 Å². The first kappa shape index (κ1) is 17.4. The van der Waals surface area contributed by atoms with Crippen LogP contribution in [0.25, 0.3) is 0 Å². The molecule has 1 aliphatic heterocycles. The third kappa shape index (κ3) is 5.34. The maximum absolute atomic E-state index is 12.4. The van der Waals surface area contributed by atoms with Crippen LogP contribution < -0.4 is 16.4 Å². The highest BCUT2D eigenvalue weighted by atomic mass is 16.2. The quantitative estimate of drug-likeness (QED) is 0.573. The molecule has 0 aromatic carbocycles. The molecule has 1 rings (SSSR count). The summed E-state index contributed by atoms with van der Waals surface area (Å²) in [5.41, 5.74) is 5.03. The van der Waals surface area contributed by atoms with Crippen molar-refractivity contribution in [2.75, 3.05) is 20.1 Å². The van der Waals surface area contributed by atoms with Crippen LogP contribution in [-0.2, 0) is 14.4 Å². The smallest absolute Gasteiger partial charge is 0.243 e.